The Morgan fingerprint density at radius 1 is 0.688 bits per heavy atom. The molecule has 4 aliphatic carbocycles. The number of aliphatic hydroxyl groups is 10. The molecule has 5 saturated heterocycles. The van der Waals surface area contributed by atoms with Crippen molar-refractivity contribution in [3.05, 3.63) is 11.6 Å². The van der Waals surface area contributed by atoms with Crippen LogP contribution in [0.4, 0.5) is 0 Å². The highest BCUT2D eigenvalue weighted by molar-refractivity contribution is 5.26. The average Bonchev–Trinajstić information content (AvgIpc) is 3.72. The fourth-order valence-corrected chi connectivity index (χ4v) is 14.2. The summed E-state index contributed by atoms with van der Waals surface area (Å²) in [7, 11) is 0. The third kappa shape index (κ3) is 7.88. The van der Waals surface area contributed by atoms with Gasteiger partial charge in [0.25, 0.3) is 0 Å². The second kappa shape index (κ2) is 18.4. The smallest absolute Gasteiger partial charge is 0.197 e. The maximum absolute atomic E-state index is 11.4. The molecule has 5 aliphatic heterocycles. The third-order valence-electron chi connectivity index (χ3n) is 17.8. The normalized spacial score (nSPS) is 57.2. The van der Waals surface area contributed by atoms with E-state index in [4.69, 9.17) is 37.9 Å². The summed E-state index contributed by atoms with van der Waals surface area (Å²) in [6, 6.07) is 0. The number of ether oxygens (including phenoxy) is 8. The summed E-state index contributed by atoms with van der Waals surface area (Å²) < 4.78 is 48.6. The zero-order valence-corrected chi connectivity index (χ0v) is 37.0. The highest BCUT2D eigenvalue weighted by atomic mass is 16.8. The Morgan fingerprint density at radius 2 is 1.33 bits per heavy atom. The van der Waals surface area contributed by atoms with E-state index in [2.05, 4.69) is 26.8 Å². The van der Waals surface area contributed by atoms with E-state index >= 15 is 0 Å². The SMILES string of the molecule is C.C[C@@H]1O[C@@H](O[C@@H]2[C@@H](O)[C@@H](O)[C@H](O[C@H]3[C@H](O)[C@@H](O)[C@H](O[C@H]4CC[C@@]5(C)C(=CC[C@H]6[C@@H]7C[C@@H]8O[C@@]9(OC[C@@H](CO)C[C@@H]9O)[C@@H](C)[C@@H]8[C@@]7(C)CC[C@@H]65)C4)O[C@@H]3CO)O[C@H]2C)[C@H](O)[C@H](O)[C@H]1O. The van der Waals surface area contributed by atoms with Crippen molar-refractivity contribution in [2.75, 3.05) is 19.8 Å². The largest absolute Gasteiger partial charge is 0.396 e. The van der Waals surface area contributed by atoms with Crippen LogP contribution in [0.5, 0.6) is 0 Å². The summed E-state index contributed by atoms with van der Waals surface area (Å²) in [6.45, 7) is 9.75. The predicted molar refractivity (Wildman–Crippen MR) is 222 cm³/mol. The molecule has 18 nitrogen and oxygen atoms in total. The van der Waals surface area contributed by atoms with Crippen molar-refractivity contribution in [1.82, 2.24) is 0 Å². The van der Waals surface area contributed by atoms with E-state index in [9.17, 15) is 51.1 Å². The van der Waals surface area contributed by atoms with E-state index in [-0.39, 0.29) is 54.8 Å². The highest BCUT2D eigenvalue weighted by Crippen LogP contribution is 2.70. The summed E-state index contributed by atoms with van der Waals surface area (Å²) in [5.74, 6) is 0.642. The van der Waals surface area contributed by atoms with Gasteiger partial charge in [-0.1, -0.05) is 39.8 Å². The van der Waals surface area contributed by atoms with E-state index in [0.29, 0.717) is 43.6 Å². The van der Waals surface area contributed by atoms with Crippen LogP contribution in [0.1, 0.15) is 93.4 Å². The van der Waals surface area contributed by atoms with Crippen LogP contribution in [0.25, 0.3) is 0 Å². The molecule has 18 heteroatoms. The van der Waals surface area contributed by atoms with Crippen LogP contribution in [0.2, 0.25) is 0 Å². The minimum absolute atomic E-state index is 0. The molecule has 0 bridgehead atoms. The van der Waals surface area contributed by atoms with Crippen LogP contribution in [0.3, 0.4) is 0 Å². The van der Waals surface area contributed by atoms with Gasteiger partial charge in [0.2, 0.25) is 0 Å². The molecule has 0 aromatic rings. The molecule has 64 heavy (non-hydrogen) atoms. The van der Waals surface area contributed by atoms with E-state index in [0.717, 1.165) is 32.1 Å². The first kappa shape index (κ1) is 49.4. The van der Waals surface area contributed by atoms with Crippen molar-refractivity contribution < 1.29 is 89.0 Å². The molecular weight excluding hydrogens is 840 g/mol. The number of fused-ring (bicyclic) bond motifs is 7. The number of aliphatic hydroxyl groups excluding tert-OH is 10. The number of hydrogen-bond acceptors (Lipinski definition) is 18. The molecule has 3 saturated carbocycles. The lowest BCUT2D eigenvalue weighted by Crippen LogP contribution is -2.65. The van der Waals surface area contributed by atoms with Gasteiger partial charge in [0, 0.05) is 18.4 Å². The van der Waals surface area contributed by atoms with Crippen molar-refractivity contribution in [3.63, 3.8) is 0 Å². The molecule has 5 heterocycles. The summed E-state index contributed by atoms with van der Waals surface area (Å²) in [6.07, 6.45) is -13.3. The minimum atomic E-state index is -1.76. The van der Waals surface area contributed by atoms with Crippen molar-refractivity contribution in [2.24, 2.45) is 46.3 Å². The van der Waals surface area contributed by atoms with E-state index in [1.807, 2.05) is 0 Å². The summed E-state index contributed by atoms with van der Waals surface area (Å²) in [4.78, 5) is 0. The van der Waals surface area contributed by atoms with Crippen molar-refractivity contribution in [3.8, 4) is 0 Å². The number of rotatable bonds is 8. The van der Waals surface area contributed by atoms with Gasteiger partial charge in [-0.05, 0) is 99.7 Å². The van der Waals surface area contributed by atoms with Crippen LogP contribution >= 0.6 is 0 Å². The Balaban J connectivity index is 0.00000560. The van der Waals surface area contributed by atoms with Crippen LogP contribution in [-0.4, -0.2) is 187 Å². The Bertz CT molecular complexity index is 1650. The third-order valence-corrected chi connectivity index (χ3v) is 17.8. The van der Waals surface area contributed by atoms with Gasteiger partial charge in [-0.2, -0.15) is 0 Å². The van der Waals surface area contributed by atoms with E-state index in [1.54, 1.807) is 0 Å². The van der Waals surface area contributed by atoms with Crippen LogP contribution < -0.4 is 0 Å². The molecule has 368 valence electrons. The Morgan fingerprint density at radius 3 is 2.00 bits per heavy atom. The molecule has 9 rings (SSSR count). The van der Waals surface area contributed by atoms with E-state index in [1.165, 1.54) is 19.4 Å². The van der Waals surface area contributed by atoms with Gasteiger partial charge >= 0.3 is 0 Å². The Labute approximate surface area is 375 Å². The number of allylic oxidation sites excluding steroid dienone is 1. The fraction of sp³-hybridized carbons (Fsp3) is 0.957. The lowest BCUT2D eigenvalue weighted by Gasteiger charge is -2.59. The zero-order valence-electron chi connectivity index (χ0n) is 37.0. The first-order valence-electron chi connectivity index (χ1n) is 23.5. The number of hydrogen-bond donors (Lipinski definition) is 10. The first-order chi connectivity index (χ1) is 29.9. The fourth-order valence-electron chi connectivity index (χ4n) is 14.2. The molecule has 0 unspecified atom stereocenters. The standard InChI is InChI=1S/C45H72O18.CH4/c1-18-30-27(63-45(18)29(48)12-21(15-46)17-56-45)14-26-24-7-6-22-13-23(8-10-43(22,4)25(24)9-11-44(26,30)5)59-42-37(55)34(52)39(28(16-47)60-42)62-41-36(54)33(51)38(20(3)58-41)61-40-35(53)32(50)31(49)19(2)57-40;/h6,18-21,23-42,46-55H,7-17H2,1-5H3;1H4/t18-,19-,20-,21+,23-,24+,25-,26-,27-,28+,29-,30-,31-,32+,33-,34+,35+,36+,37+,38-,39+,40-,41-,42+,43-,44-,45-;/m0./s1. The lowest BCUT2D eigenvalue weighted by atomic mass is 9.47. The molecule has 0 aromatic carbocycles. The topological polar surface area (TPSA) is 276 Å². The van der Waals surface area contributed by atoms with Gasteiger partial charge in [-0.3, -0.25) is 0 Å². The van der Waals surface area contributed by atoms with Gasteiger partial charge in [0.1, 0.15) is 67.1 Å². The predicted octanol–water partition coefficient (Wildman–Crippen LogP) is -0.179. The zero-order chi connectivity index (χ0) is 45.1. The van der Waals surface area contributed by atoms with E-state index < -0.39 is 111 Å². The van der Waals surface area contributed by atoms with Gasteiger partial charge in [-0.15, -0.1) is 0 Å². The van der Waals surface area contributed by atoms with Gasteiger partial charge < -0.3 is 89.0 Å². The summed E-state index contributed by atoms with van der Waals surface area (Å²) >= 11 is 0. The van der Waals surface area contributed by atoms with Crippen molar-refractivity contribution in [1.29, 1.82) is 0 Å². The Hall–Kier alpha value is -0.980. The first-order valence-corrected chi connectivity index (χ1v) is 23.5. The molecule has 0 amide bonds. The summed E-state index contributed by atoms with van der Waals surface area (Å²) in [5.41, 5.74) is 1.35. The molecule has 9 aliphatic rings. The maximum atomic E-state index is 11.4. The van der Waals surface area contributed by atoms with Gasteiger partial charge in [-0.25, -0.2) is 0 Å². The highest BCUT2D eigenvalue weighted by Gasteiger charge is 2.70. The molecular formula is C46H76O18. The molecule has 0 radical (unpaired) electrons. The Kier molecular flexibility index (Phi) is 14.2. The summed E-state index contributed by atoms with van der Waals surface area (Å²) in [5, 5.41) is 107. The van der Waals surface area contributed by atoms with Crippen molar-refractivity contribution in [2.45, 2.75) is 210 Å². The molecule has 27 atom stereocenters. The second-order valence-electron chi connectivity index (χ2n) is 21.1. The van der Waals surface area contributed by atoms with Gasteiger partial charge in [0.05, 0.1) is 37.6 Å². The van der Waals surface area contributed by atoms with Crippen LogP contribution in [-0.2, 0) is 37.9 Å². The average molecular weight is 917 g/mol. The van der Waals surface area contributed by atoms with Crippen LogP contribution in [0.15, 0.2) is 11.6 Å². The molecule has 1 spiro atoms. The molecule has 10 N–H and O–H groups in total. The maximum Gasteiger partial charge on any atom is 0.197 e. The van der Waals surface area contributed by atoms with Gasteiger partial charge in [0.15, 0.2) is 24.7 Å². The quantitative estimate of drug-likeness (QED) is 0.142. The molecule has 8 fully saturated rings. The van der Waals surface area contributed by atoms with Crippen LogP contribution in [0, 0.1) is 46.3 Å². The lowest BCUT2D eigenvalue weighted by molar-refractivity contribution is -0.376. The second-order valence-corrected chi connectivity index (χ2v) is 21.1. The van der Waals surface area contributed by atoms with Crippen molar-refractivity contribution >= 4 is 0 Å². The monoisotopic (exact) mass is 917 g/mol. The minimum Gasteiger partial charge on any atom is -0.396 e. The molecule has 0 aromatic heterocycles.